The lowest BCUT2D eigenvalue weighted by Gasteiger charge is -1.95. The van der Waals surface area contributed by atoms with Gasteiger partial charge in [0.1, 0.15) is 17.2 Å². The van der Waals surface area contributed by atoms with E-state index in [1.807, 2.05) is 12.1 Å². The second-order valence-corrected chi connectivity index (χ2v) is 4.35. The first-order valence-corrected chi connectivity index (χ1v) is 7.02. The summed E-state index contributed by atoms with van der Waals surface area (Å²) in [5, 5.41) is 25.4. The Hall–Kier alpha value is -3.47. The van der Waals surface area contributed by atoms with Gasteiger partial charge in [0, 0.05) is 0 Å². The molecule has 0 aliphatic heterocycles. The van der Waals surface area contributed by atoms with Gasteiger partial charge >= 0.3 is 6.16 Å². The van der Waals surface area contributed by atoms with Crippen molar-refractivity contribution in [1.29, 1.82) is 0 Å². The average Bonchev–Trinajstić information content (AvgIpc) is 2.58. The Balaban J connectivity index is 0.000000185. The molecule has 0 aliphatic rings. The zero-order valence-electron chi connectivity index (χ0n) is 12.8. The van der Waals surface area contributed by atoms with E-state index in [9.17, 15) is 4.79 Å². The molecule has 3 aromatic carbocycles. The summed E-state index contributed by atoms with van der Waals surface area (Å²) in [7, 11) is 0. The Morgan fingerprint density at radius 3 is 1.21 bits per heavy atom. The number of rotatable bonds is 1. The van der Waals surface area contributed by atoms with Crippen LogP contribution in [-0.4, -0.2) is 21.5 Å². The predicted octanol–water partition coefficient (Wildman–Crippen LogP) is 4.53. The number of carboxylic acid groups (broad SMARTS) is 1. The smallest absolute Gasteiger partial charge is 0.508 e. The van der Waals surface area contributed by atoms with Crippen molar-refractivity contribution in [3.63, 3.8) is 0 Å². The molecule has 0 fully saturated rings. The van der Waals surface area contributed by atoms with Gasteiger partial charge in [0.05, 0.1) is 0 Å². The summed E-state index contributed by atoms with van der Waals surface area (Å²) in [6, 6.07) is 25.8. The Morgan fingerprint density at radius 2 is 0.958 bits per heavy atom. The van der Waals surface area contributed by atoms with Gasteiger partial charge in [0.25, 0.3) is 0 Å². The van der Waals surface area contributed by atoms with E-state index in [0.717, 1.165) is 0 Å². The van der Waals surface area contributed by atoms with Gasteiger partial charge in [-0.25, -0.2) is 4.79 Å². The minimum Gasteiger partial charge on any atom is -0.508 e. The molecular weight excluding hydrogens is 308 g/mol. The number of benzene rings is 3. The number of phenols is 2. The number of phenolic OH excluding ortho intramolecular Hbond substituents is 2. The van der Waals surface area contributed by atoms with Crippen LogP contribution in [0.15, 0.2) is 91.0 Å². The number of hydrogen-bond acceptors (Lipinski definition) is 4. The number of carbonyl (C=O) groups is 1. The fourth-order valence-corrected chi connectivity index (χ4v) is 1.45. The fraction of sp³-hybridized carbons (Fsp3) is 0. The third kappa shape index (κ3) is 9.46. The molecule has 0 heterocycles. The van der Waals surface area contributed by atoms with Crippen LogP contribution in [0.2, 0.25) is 0 Å². The van der Waals surface area contributed by atoms with E-state index < -0.39 is 6.16 Å². The van der Waals surface area contributed by atoms with E-state index in [0.29, 0.717) is 17.2 Å². The molecule has 0 bridgehead atoms. The van der Waals surface area contributed by atoms with Gasteiger partial charge in [-0.1, -0.05) is 54.6 Å². The molecule has 3 aromatic rings. The second kappa shape index (κ2) is 11.1. The molecule has 0 unspecified atom stereocenters. The molecule has 124 valence electrons. The lowest BCUT2D eigenvalue weighted by atomic mass is 10.3. The van der Waals surface area contributed by atoms with Crippen LogP contribution in [0.25, 0.3) is 0 Å². The molecule has 0 spiro atoms. The van der Waals surface area contributed by atoms with Crippen LogP contribution in [0.1, 0.15) is 0 Å². The topological polar surface area (TPSA) is 87.0 Å². The number of ether oxygens (including phenoxy) is 1. The first-order chi connectivity index (χ1) is 11.6. The van der Waals surface area contributed by atoms with Crippen molar-refractivity contribution >= 4 is 6.16 Å². The summed E-state index contributed by atoms with van der Waals surface area (Å²) >= 11 is 0. The van der Waals surface area contributed by atoms with Gasteiger partial charge in [-0.05, 0) is 36.4 Å². The van der Waals surface area contributed by atoms with Crippen molar-refractivity contribution in [3.8, 4) is 17.2 Å². The van der Waals surface area contributed by atoms with E-state index >= 15 is 0 Å². The van der Waals surface area contributed by atoms with Crippen LogP contribution in [0.4, 0.5) is 4.79 Å². The van der Waals surface area contributed by atoms with E-state index in [1.54, 1.807) is 78.9 Å². The lowest BCUT2D eigenvalue weighted by molar-refractivity contribution is 0.144. The number of para-hydroxylation sites is 3. The van der Waals surface area contributed by atoms with Crippen LogP contribution < -0.4 is 4.74 Å². The Kier molecular flexibility index (Phi) is 8.63. The Bertz CT molecular complexity index is 647. The lowest BCUT2D eigenvalue weighted by Crippen LogP contribution is -2.02. The molecule has 0 aliphatic carbocycles. The van der Waals surface area contributed by atoms with Gasteiger partial charge in [-0.15, -0.1) is 0 Å². The van der Waals surface area contributed by atoms with Crippen LogP contribution >= 0.6 is 0 Å². The minimum atomic E-state index is -1.29. The predicted molar refractivity (Wildman–Crippen MR) is 91.3 cm³/mol. The van der Waals surface area contributed by atoms with Crippen molar-refractivity contribution in [2.24, 2.45) is 0 Å². The van der Waals surface area contributed by atoms with Crippen molar-refractivity contribution in [3.05, 3.63) is 91.0 Å². The van der Waals surface area contributed by atoms with E-state index in [4.69, 9.17) is 15.3 Å². The molecule has 0 aromatic heterocycles. The maximum Gasteiger partial charge on any atom is 0.511 e. The zero-order chi connectivity index (χ0) is 17.6. The van der Waals surface area contributed by atoms with Gasteiger partial charge in [-0.3, -0.25) is 0 Å². The fourth-order valence-electron chi connectivity index (χ4n) is 1.45. The highest BCUT2D eigenvalue weighted by molar-refractivity contribution is 5.60. The van der Waals surface area contributed by atoms with Crippen molar-refractivity contribution in [2.75, 3.05) is 0 Å². The first-order valence-electron chi connectivity index (χ1n) is 7.02. The van der Waals surface area contributed by atoms with Gasteiger partial charge in [0.2, 0.25) is 0 Å². The second-order valence-electron chi connectivity index (χ2n) is 4.35. The summed E-state index contributed by atoms with van der Waals surface area (Å²) in [6.45, 7) is 0. The maximum atomic E-state index is 9.95. The molecule has 5 heteroatoms. The van der Waals surface area contributed by atoms with Crippen molar-refractivity contribution in [1.82, 2.24) is 0 Å². The van der Waals surface area contributed by atoms with E-state index in [2.05, 4.69) is 4.74 Å². The third-order valence-corrected chi connectivity index (χ3v) is 2.46. The molecule has 24 heavy (non-hydrogen) atoms. The highest BCUT2D eigenvalue weighted by Crippen LogP contribution is 2.07. The minimum absolute atomic E-state index is 0.322. The van der Waals surface area contributed by atoms with Crippen LogP contribution in [0.5, 0.6) is 17.2 Å². The summed E-state index contributed by atoms with van der Waals surface area (Å²) in [4.78, 5) is 9.95. The molecule has 0 radical (unpaired) electrons. The number of hydrogen-bond donors (Lipinski definition) is 3. The largest absolute Gasteiger partial charge is 0.511 e. The molecule has 0 amide bonds. The van der Waals surface area contributed by atoms with E-state index in [1.165, 1.54) is 0 Å². The van der Waals surface area contributed by atoms with Crippen LogP contribution in [-0.2, 0) is 0 Å². The Morgan fingerprint density at radius 1 is 0.625 bits per heavy atom. The standard InChI is InChI=1S/C7H6O3.2C6H6O/c8-7(9)10-6-4-2-1-3-5-6;2*7-6-4-2-1-3-5-6/h1-5H,(H,8,9);2*1-5,7H. The zero-order valence-corrected chi connectivity index (χ0v) is 12.8. The van der Waals surface area contributed by atoms with Crippen LogP contribution in [0, 0.1) is 0 Å². The summed E-state index contributed by atoms with van der Waals surface area (Å²) in [5.74, 6) is 0.986. The normalized spacial score (nSPS) is 8.67. The maximum absolute atomic E-state index is 9.95. The van der Waals surface area contributed by atoms with Gasteiger partial charge < -0.3 is 20.1 Å². The quantitative estimate of drug-likeness (QED) is 0.452. The van der Waals surface area contributed by atoms with Gasteiger partial charge in [0.15, 0.2) is 0 Å². The molecule has 0 saturated carbocycles. The van der Waals surface area contributed by atoms with E-state index in [-0.39, 0.29) is 0 Å². The average molecular weight is 326 g/mol. The first kappa shape index (κ1) is 18.6. The summed E-state index contributed by atoms with van der Waals surface area (Å²) in [5.41, 5.74) is 0. The molecule has 5 nitrogen and oxygen atoms in total. The molecule has 0 atom stereocenters. The highest BCUT2D eigenvalue weighted by Gasteiger charge is 1.96. The highest BCUT2D eigenvalue weighted by atomic mass is 16.7. The number of aromatic hydroxyl groups is 2. The third-order valence-electron chi connectivity index (χ3n) is 2.46. The monoisotopic (exact) mass is 326 g/mol. The molecule has 3 N–H and O–H groups in total. The Labute approximate surface area is 140 Å². The summed E-state index contributed by atoms with van der Waals surface area (Å²) < 4.78 is 4.33. The molecule has 3 rings (SSSR count). The van der Waals surface area contributed by atoms with Crippen molar-refractivity contribution < 1.29 is 24.9 Å². The SMILES string of the molecule is O=C(O)Oc1ccccc1.Oc1ccccc1.Oc1ccccc1. The molecule has 0 saturated heterocycles. The molecular formula is C19H18O5. The summed E-state index contributed by atoms with van der Waals surface area (Å²) in [6.07, 6.45) is -1.29. The van der Waals surface area contributed by atoms with Crippen molar-refractivity contribution in [2.45, 2.75) is 0 Å². The van der Waals surface area contributed by atoms with Gasteiger partial charge in [-0.2, -0.15) is 0 Å². The van der Waals surface area contributed by atoms with Crippen LogP contribution in [0.3, 0.4) is 0 Å².